The van der Waals surface area contributed by atoms with Gasteiger partial charge in [0.25, 0.3) is 10.0 Å². The lowest BCUT2D eigenvalue weighted by molar-refractivity contribution is 0.341. The van der Waals surface area contributed by atoms with E-state index in [0.29, 0.717) is 23.8 Å². The Morgan fingerprint density at radius 2 is 1.71 bits per heavy atom. The molecule has 0 N–H and O–H groups in total. The van der Waals surface area contributed by atoms with Gasteiger partial charge in [-0.3, -0.25) is 4.31 Å². The van der Waals surface area contributed by atoms with Crippen LogP contribution in [-0.2, 0) is 10.0 Å². The van der Waals surface area contributed by atoms with E-state index < -0.39 is 10.0 Å². The van der Waals surface area contributed by atoms with Crippen LogP contribution in [-0.4, -0.2) is 29.2 Å². The molecule has 0 aliphatic heterocycles. The molecular weight excluding hydrogens is 373 g/mol. The molecule has 2 aromatic carbocycles. The van der Waals surface area contributed by atoms with E-state index in [0.717, 1.165) is 4.31 Å². The molecule has 130 valence electrons. The molecule has 0 fully saturated rings. The van der Waals surface area contributed by atoms with Crippen LogP contribution in [0.15, 0.2) is 41.3 Å². The predicted octanol–water partition coefficient (Wildman–Crippen LogP) is 4.23. The highest BCUT2D eigenvalue weighted by Crippen LogP contribution is 2.39. The van der Waals surface area contributed by atoms with Gasteiger partial charge < -0.3 is 9.47 Å². The molecule has 24 heavy (non-hydrogen) atoms. The van der Waals surface area contributed by atoms with Gasteiger partial charge >= 0.3 is 0 Å². The van der Waals surface area contributed by atoms with E-state index in [1.165, 1.54) is 26.3 Å². The summed E-state index contributed by atoms with van der Waals surface area (Å²) in [4.78, 5) is -0.108. The fourth-order valence-electron chi connectivity index (χ4n) is 2.14. The van der Waals surface area contributed by atoms with Crippen molar-refractivity contribution in [1.29, 1.82) is 0 Å². The molecule has 0 aliphatic rings. The monoisotopic (exact) mass is 389 g/mol. The Hall–Kier alpha value is -1.63. The van der Waals surface area contributed by atoms with Gasteiger partial charge in [-0.1, -0.05) is 35.3 Å². The summed E-state index contributed by atoms with van der Waals surface area (Å²) in [7, 11) is -1.07. The minimum Gasteiger partial charge on any atom is -0.495 e. The number of rotatable bonds is 6. The summed E-state index contributed by atoms with van der Waals surface area (Å²) in [5.41, 5.74) is 0.405. The molecule has 0 heterocycles. The van der Waals surface area contributed by atoms with Gasteiger partial charge in [-0.15, -0.1) is 0 Å². The number of halogens is 2. The fraction of sp³-hybridized carbons (Fsp3) is 0.250. The number of ether oxygens (including phenoxy) is 2. The van der Waals surface area contributed by atoms with Gasteiger partial charge in [0.05, 0.1) is 24.4 Å². The number of benzene rings is 2. The number of nitrogens with zero attached hydrogens (tertiary/aromatic N) is 1. The summed E-state index contributed by atoms with van der Waals surface area (Å²) < 4.78 is 37.5. The van der Waals surface area contributed by atoms with Crippen LogP contribution in [0.4, 0.5) is 5.69 Å². The molecule has 0 spiro atoms. The van der Waals surface area contributed by atoms with Crippen molar-refractivity contribution in [2.75, 3.05) is 25.1 Å². The lowest BCUT2D eigenvalue weighted by Crippen LogP contribution is -2.27. The highest BCUT2D eigenvalue weighted by Gasteiger charge is 2.28. The largest absolute Gasteiger partial charge is 0.495 e. The number of hydrogen-bond acceptors (Lipinski definition) is 4. The van der Waals surface area contributed by atoms with Crippen LogP contribution < -0.4 is 13.8 Å². The van der Waals surface area contributed by atoms with E-state index in [4.69, 9.17) is 32.7 Å². The number of anilines is 1. The third-order valence-electron chi connectivity index (χ3n) is 3.37. The lowest BCUT2D eigenvalue weighted by Gasteiger charge is -2.23. The maximum atomic E-state index is 12.9. The molecular formula is C16H17Cl2NO4S. The molecule has 0 aromatic heterocycles. The second-order valence-electron chi connectivity index (χ2n) is 4.77. The molecule has 2 aromatic rings. The van der Waals surface area contributed by atoms with Gasteiger partial charge in [0, 0.05) is 7.05 Å². The zero-order chi connectivity index (χ0) is 17.9. The molecule has 8 heteroatoms. The zero-order valence-corrected chi connectivity index (χ0v) is 15.7. The van der Waals surface area contributed by atoms with Crippen molar-refractivity contribution in [2.24, 2.45) is 0 Å². The number of sulfonamides is 1. The van der Waals surface area contributed by atoms with E-state index >= 15 is 0 Å². The predicted molar refractivity (Wildman–Crippen MR) is 96.2 cm³/mol. The van der Waals surface area contributed by atoms with Gasteiger partial charge in [-0.05, 0) is 31.2 Å². The van der Waals surface area contributed by atoms with Crippen LogP contribution in [0.3, 0.4) is 0 Å². The van der Waals surface area contributed by atoms with Gasteiger partial charge in [0.1, 0.15) is 21.4 Å². The Balaban J connectivity index is 2.54. The van der Waals surface area contributed by atoms with Crippen molar-refractivity contribution < 1.29 is 17.9 Å². The molecule has 0 unspecified atom stereocenters. The first-order valence-corrected chi connectivity index (χ1v) is 9.27. The first-order valence-electron chi connectivity index (χ1n) is 7.07. The van der Waals surface area contributed by atoms with Gasteiger partial charge in [0.2, 0.25) is 0 Å². The molecule has 0 saturated heterocycles. The van der Waals surface area contributed by atoms with Crippen LogP contribution in [0.1, 0.15) is 6.92 Å². The second kappa shape index (κ2) is 7.51. The normalized spacial score (nSPS) is 11.2. The summed E-state index contributed by atoms with van der Waals surface area (Å²) in [6.07, 6.45) is 0. The minimum absolute atomic E-state index is 0.0479. The molecule has 0 saturated carbocycles. The fourth-order valence-corrected chi connectivity index (χ4v) is 4.16. The van der Waals surface area contributed by atoms with Crippen LogP contribution in [0.25, 0.3) is 0 Å². The number of methoxy groups -OCH3 is 1. The van der Waals surface area contributed by atoms with Crippen molar-refractivity contribution in [3.63, 3.8) is 0 Å². The van der Waals surface area contributed by atoms with Crippen molar-refractivity contribution >= 4 is 38.9 Å². The summed E-state index contributed by atoms with van der Waals surface area (Å²) in [6.45, 7) is 2.24. The highest BCUT2D eigenvalue weighted by atomic mass is 35.5. The summed E-state index contributed by atoms with van der Waals surface area (Å²) in [5, 5.41) is -0.0384. The standard InChI is InChI=1S/C16H17Cl2NO4S/c1-4-23-12-8-6-5-7-11(12)19(2)24(20,21)14-10-9-13(22-3)15(17)16(14)18/h5-10H,4H2,1-3H3. The Morgan fingerprint density at radius 3 is 2.33 bits per heavy atom. The third-order valence-corrected chi connectivity index (χ3v) is 6.16. The molecule has 0 aliphatic carbocycles. The second-order valence-corrected chi connectivity index (χ2v) is 7.46. The van der Waals surface area contributed by atoms with Crippen molar-refractivity contribution in [2.45, 2.75) is 11.8 Å². The summed E-state index contributed by atoms with van der Waals surface area (Å²) in [5.74, 6) is 0.764. The maximum absolute atomic E-state index is 12.9. The maximum Gasteiger partial charge on any atom is 0.265 e. The van der Waals surface area contributed by atoms with Crippen LogP contribution in [0.5, 0.6) is 11.5 Å². The average Bonchev–Trinajstić information content (AvgIpc) is 2.57. The van der Waals surface area contributed by atoms with E-state index in [2.05, 4.69) is 0 Å². The van der Waals surface area contributed by atoms with Crippen molar-refractivity contribution in [3.05, 3.63) is 46.4 Å². The molecule has 0 amide bonds. The van der Waals surface area contributed by atoms with Crippen LogP contribution in [0.2, 0.25) is 10.0 Å². The van der Waals surface area contributed by atoms with Crippen LogP contribution in [0, 0.1) is 0 Å². The Bertz CT molecular complexity index is 840. The number of para-hydroxylation sites is 2. The SMILES string of the molecule is CCOc1ccccc1N(C)S(=O)(=O)c1ccc(OC)c(Cl)c1Cl. The van der Waals surface area contributed by atoms with Crippen LogP contribution >= 0.6 is 23.2 Å². The molecule has 0 radical (unpaired) electrons. The van der Waals surface area contributed by atoms with Gasteiger partial charge in [-0.25, -0.2) is 8.42 Å². The lowest BCUT2D eigenvalue weighted by atomic mass is 10.3. The van der Waals surface area contributed by atoms with Gasteiger partial charge in [-0.2, -0.15) is 0 Å². The minimum atomic E-state index is -3.93. The van der Waals surface area contributed by atoms with E-state index in [1.54, 1.807) is 24.3 Å². The van der Waals surface area contributed by atoms with E-state index in [9.17, 15) is 8.42 Å². The highest BCUT2D eigenvalue weighted by molar-refractivity contribution is 7.93. The first kappa shape index (κ1) is 18.7. The molecule has 5 nitrogen and oxygen atoms in total. The first-order chi connectivity index (χ1) is 11.3. The topological polar surface area (TPSA) is 55.8 Å². The summed E-state index contributed by atoms with van der Waals surface area (Å²) in [6, 6.07) is 9.68. The Kier molecular flexibility index (Phi) is 5.85. The van der Waals surface area contributed by atoms with E-state index in [-0.39, 0.29) is 14.9 Å². The molecule has 0 atom stereocenters. The third kappa shape index (κ3) is 3.41. The smallest absolute Gasteiger partial charge is 0.265 e. The molecule has 0 bridgehead atoms. The van der Waals surface area contributed by atoms with Crippen molar-refractivity contribution in [3.8, 4) is 11.5 Å². The van der Waals surface area contributed by atoms with E-state index in [1.807, 2.05) is 6.92 Å². The summed E-state index contributed by atoms with van der Waals surface area (Å²) >= 11 is 12.2. The molecule has 2 rings (SSSR count). The Morgan fingerprint density at radius 1 is 1.04 bits per heavy atom. The van der Waals surface area contributed by atoms with Gasteiger partial charge in [0.15, 0.2) is 0 Å². The average molecular weight is 390 g/mol. The zero-order valence-electron chi connectivity index (χ0n) is 13.4. The number of hydrogen-bond donors (Lipinski definition) is 0. The quantitative estimate of drug-likeness (QED) is 0.741. The Labute approximate surface area is 151 Å². The van der Waals surface area contributed by atoms with Crippen molar-refractivity contribution in [1.82, 2.24) is 0 Å².